The molecule has 1 amide bonds. The second-order valence-corrected chi connectivity index (χ2v) is 10.8. The molecule has 9 nitrogen and oxygen atoms in total. The molecule has 0 bridgehead atoms. The Morgan fingerprint density at radius 1 is 1.24 bits per heavy atom. The van der Waals surface area contributed by atoms with Crippen LogP contribution in [0.15, 0.2) is 41.1 Å². The number of amides is 1. The molecule has 4 heterocycles. The largest absolute Gasteiger partial charge is 0.387 e. The van der Waals surface area contributed by atoms with Gasteiger partial charge in [-0.1, -0.05) is 38.1 Å². The number of nitrogens with zero attached hydrogens (tertiary/aromatic N) is 4. The number of carbonyl (C=O) groups excluding carboxylic acids is 1. The maximum atomic E-state index is 15.1. The topological polar surface area (TPSA) is 115 Å². The number of hydrogen-bond donors (Lipinski definition) is 2. The highest BCUT2D eigenvalue weighted by Gasteiger charge is 2.24. The average molecular weight is 522 g/mol. The molecular formula is C28H32FN5O4. The van der Waals surface area contributed by atoms with E-state index in [-0.39, 0.29) is 23.6 Å². The first kappa shape index (κ1) is 26.0. The molecule has 1 aromatic carbocycles. The van der Waals surface area contributed by atoms with E-state index in [4.69, 9.17) is 9.26 Å². The summed E-state index contributed by atoms with van der Waals surface area (Å²) in [6, 6.07) is 8.25. The number of fused-ring (bicyclic) bond motifs is 1. The van der Waals surface area contributed by atoms with Gasteiger partial charge in [0.05, 0.1) is 12.5 Å². The van der Waals surface area contributed by atoms with Crippen LogP contribution in [-0.4, -0.2) is 37.5 Å². The second kappa shape index (κ2) is 10.3. The van der Waals surface area contributed by atoms with E-state index in [0.717, 1.165) is 19.3 Å². The number of aromatic nitrogens is 4. The first-order chi connectivity index (χ1) is 18.1. The van der Waals surface area contributed by atoms with Crippen molar-refractivity contribution in [2.45, 2.75) is 71.1 Å². The highest BCUT2D eigenvalue weighted by atomic mass is 19.1. The van der Waals surface area contributed by atoms with Crippen LogP contribution in [0.5, 0.6) is 0 Å². The molecule has 0 radical (unpaired) electrons. The van der Waals surface area contributed by atoms with Crippen molar-refractivity contribution < 1.29 is 23.6 Å². The number of halogens is 1. The van der Waals surface area contributed by atoms with E-state index in [2.05, 4.69) is 20.6 Å². The number of anilines is 1. The lowest BCUT2D eigenvalue weighted by atomic mass is 9.93. The summed E-state index contributed by atoms with van der Waals surface area (Å²) in [6.45, 7) is 8.25. The fourth-order valence-corrected chi connectivity index (χ4v) is 4.55. The number of aliphatic hydroxyl groups is 1. The molecule has 3 aromatic heterocycles. The Morgan fingerprint density at radius 3 is 2.71 bits per heavy atom. The predicted molar refractivity (Wildman–Crippen MR) is 140 cm³/mol. The van der Waals surface area contributed by atoms with Crippen LogP contribution in [0.4, 0.5) is 10.2 Å². The Kier molecular flexibility index (Phi) is 7.02. The number of rotatable bonds is 6. The molecule has 38 heavy (non-hydrogen) atoms. The van der Waals surface area contributed by atoms with E-state index in [1.165, 1.54) is 6.07 Å². The molecule has 5 rings (SSSR count). The van der Waals surface area contributed by atoms with Crippen molar-refractivity contribution in [2.24, 2.45) is 0 Å². The van der Waals surface area contributed by atoms with Crippen LogP contribution in [-0.2, 0) is 21.4 Å². The quantitative estimate of drug-likeness (QED) is 0.346. The lowest BCUT2D eigenvalue weighted by molar-refractivity contribution is -0.115. The average Bonchev–Trinajstić information content (AvgIpc) is 3.50. The highest BCUT2D eigenvalue weighted by Crippen LogP contribution is 2.32. The number of nitrogens with one attached hydrogen (secondary N) is 1. The van der Waals surface area contributed by atoms with Gasteiger partial charge in [0, 0.05) is 35.2 Å². The van der Waals surface area contributed by atoms with Crippen LogP contribution >= 0.6 is 0 Å². The van der Waals surface area contributed by atoms with E-state index >= 15 is 4.39 Å². The third-order valence-electron chi connectivity index (χ3n) is 6.65. The van der Waals surface area contributed by atoms with Crippen molar-refractivity contribution in [1.29, 1.82) is 0 Å². The molecular weight excluding hydrogens is 489 g/mol. The minimum Gasteiger partial charge on any atom is -0.387 e. The van der Waals surface area contributed by atoms with Gasteiger partial charge < -0.3 is 19.7 Å². The fraction of sp³-hybridized carbons (Fsp3) is 0.429. The van der Waals surface area contributed by atoms with Crippen LogP contribution in [0, 0.1) is 5.82 Å². The Balaban J connectivity index is 1.36. The van der Waals surface area contributed by atoms with Crippen LogP contribution < -0.4 is 5.32 Å². The van der Waals surface area contributed by atoms with Crippen molar-refractivity contribution in [3.63, 3.8) is 0 Å². The zero-order valence-corrected chi connectivity index (χ0v) is 22.0. The molecule has 4 aromatic rings. The maximum absolute atomic E-state index is 15.1. The van der Waals surface area contributed by atoms with Gasteiger partial charge in [-0.25, -0.2) is 14.1 Å². The summed E-state index contributed by atoms with van der Waals surface area (Å²) in [4.78, 5) is 17.1. The third kappa shape index (κ3) is 5.32. The molecule has 2 atom stereocenters. The second-order valence-electron chi connectivity index (χ2n) is 10.8. The summed E-state index contributed by atoms with van der Waals surface area (Å²) < 4.78 is 28.0. The number of carbonyl (C=O) groups is 1. The molecule has 1 fully saturated rings. The molecule has 0 spiro atoms. The van der Waals surface area contributed by atoms with Crippen LogP contribution in [0.3, 0.4) is 0 Å². The van der Waals surface area contributed by atoms with Gasteiger partial charge >= 0.3 is 0 Å². The Hall–Kier alpha value is -3.63. The van der Waals surface area contributed by atoms with E-state index < -0.39 is 17.8 Å². The standard InChI is InChI=1S/C28H32FN5O4/c1-16(35)26-20-11-19(15-30-27(20)34(32-26)25-7-5-6-10-37-25)17-8-9-18(21(29)12-17)13-24(36)31-23-14-22(38-33-23)28(2,3)4/h8-9,11-12,14-16,25,35H,5-7,10,13H2,1-4H3,(H,31,33,36). The molecule has 0 saturated carbocycles. The summed E-state index contributed by atoms with van der Waals surface area (Å²) >= 11 is 0. The molecule has 1 aliphatic heterocycles. The van der Waals surface area contributed by atoms with Gasteiger partial charge in [-0.05, 0) is 49.4 Å². The van der Waals surface area contributed by atoms with Crippen molar-refractivity contribution in [3.05, 3.63) is 59.4 Å². The van der Waals surface area contributed by atoms with Crippen LogP contribution in [0.1, 0.15) is 76.3 Å². The summed E-state index contributed by atoms with van der Waals surface area (Å²) in [5, 5.41) is 22.2. The monoisotopic (exact) mass is 521 g/mol. The Labute approximate surface area is 220 Å². The smallest absolute Gasteiger partial charge is 0.230 e. The van der Waals surface area contributed by atoms with Crippen LogP contribution in [0.25, 0.3) is 22.2 Å². The predicted octanol–water partition coefficient (Wildman–Crippen LogP) is 5.46. The zero-order valence-electron chi connectivity index (χ0n) is 22.0. The molecule has 2 N–H and O–H groups in total. The van der Waals surface area contributed by atoms with Crippen molar-refractivity contribution >= 4 is 22.8 Å². The van der Waals surface area contributed by atoms with E-state index in [1.54, 1.807) is 36.0 Å². The van der Waals surface area contributed by atoms with Crippen molar-refractivity contribution in [1.82, 2.24) is 19.9 Å². The fourth-order valence-electron chi connectivity index (χ4n) is 4.55. The minimum absolute atomic E-state index is 0.151. The number of hydrogen-bond acceptors (Lipinski definition) is 7. The molecule has 200 valence electrons. The zero-order chi connectivity index (χ0) is 27.0. The van der Waals surface area contributed by atoms with Gasteiger partial charge in [0.15, 0.2) is 17.7 Å². The lowest BCUT2D eigenvalue weighted by Crippen LogP contribution is -2.19. The number of aliphatic hydroxyl groups excluding tert-OH is 1. The number of pyridine rings is 1. The molecule has 1 aliphatic rings. The Bertz CT molecular complexity index is 1460. The minimum atomic E-state index is -0.804. The molecule has 10 heteroatoms. The summed E-state index contributed by atoms with van der Waals surface area (Å²) in [6.07, 6.45) is 3.36. The summed E-state index contributed by atoms with van der Waals surface area (Å²) in [5.41, 5.74) is 2.41. The molecule has 2 unspecified atom stereocenters. The molecule has 0 aliphatic carbocycles. The van der Waals surface area contributed by atoms with Gasteiger partial charge in [0.1, 0.15) is 17.3 Å². The SMILES string of the molecule is CC(O)c1nn(C2CCCCO2)c2ncc(-c3ccc(CC(=O)Nc4cc(C(C)(C)C)on4)c(F)c3)cc12. The van der Waals surface area contributed by atoms with Gasteiger partial charge in [-0.3, -0.25) is 4.79 Å². The lowest BCUT2D eigenvalue weighted by Gasteiger charge is -2.23. The normalized spacial score (nSPS) is 17.1. The van der Waals surface area contributed by atoms with E-state index in [1.807, 2.05) is 26.8 Å². The van der Waals surface area contributed by atoms with Gasteiger partial charge in [0.2, 0.25) is 5.91 Å². The first-order valence-corrected chi connectivity index (χ1v) is 12.8. The third-order valence-corrected chi connectivity index (χ3v) is 6.65. The van der Waals surface area contributed by atoms with Crippen LogP contribution in [0.2, 0.25) is 0 Å². The molecule has 1 saturated heterocycles. The van der Waals surface area contributed by atoms with Gasteiger partial charge in [-0.15, -0.1) is 0 Å². The highest BCUT2D eigenvalue weighted by molar-refractivity contribution is 5.91. The number of ether oxygens (including phenoxy) is 1. The Morgan fingerprint density at radius 2 is 2.05 bits per heavy atom. The number of benzene rings is 1. The van der Waals surface area contributed by atoms with E-state index in [9.17, 15) is 9.90 Å². The summed E-state index contributed by atoms with van der Waals surface area (Å²) in [7, 11) is 0. The van der Waals surface area contributed by atoms with Crippen molar-refractivity contribution in [2.75, 3.05) is 11.9 Å². The summed E-state index contributed by atoms with van der Waals surface area (Å²) in [5.74, 6) is 0.0386. The van der Waals surface area contributed by atoms with Gasteiger partial charge in [0.25, 0.3) is 0 Å². The maximum Gasteiger partial charge on any atom is 0.230 e. The van der Waals surface area contributed by atoms with E-state index in [0.29, 0.717) is 46.0 Å². The van der Waals surface area contributed by atoms with Crippen molar-refractivity contribution in [3.8, 4) is 11.1 Å². The first-order valence-electron chi connectivity index (χ1n) is 12.8. The van der Waals surface area contributed by atoms with Gasteiger partial charge in [-0.2, -0.15) is 5.10 Å².